The standard InChI is InChI=1S/C16H25NO3S/c1-9(2)13(15(19)20-16(5,6)7)17-14(18)12-8-10(3)11(4)21-12/h8-9,13H,1-7H3,(H,17,18)/t13-/m1/s1. The zero-order chi connectivity index (χ0) is 16.4. The normalized spacial score (nSPS) is 13.1. The third-order valence-electron chi connectivity index (χ3n) is 3.00. The van der Waals surface area contributed by atoms with Gasteiger partial charge < -0.3 is 10.1 Å². The number of carbonyl (C=O) groups excluding carboxylic acids is 2. The lowest BCUT2D eigenvalue weighted by Crippen LogP contribution is -2.47. The van der Waals surface area contributed by atoms with E-state index < -0.39 is 17.6 Å². The van der Waals surface area contributed by atoms with E-state index in [0.717, 1.165) is 10.4 Å². The van der Waals surface area contributed by atoms with Crippen molar-refractivity contribution in [3.8, 4) is 0 Å². The van der Waals surface area contributed by atoms with Gasteiger partial charge in [0.2, 0.25) is 0 Å². The Hall–Kier alpha value is -1.36. The van der Waals surface area contributed by atoms with E-state index >= 15 is 0 Å². The van der Waals surface area contributed by atoms with Crippen molar-refractivity contribution in [2.24, 2.45) is 5.92 Å². The molecule has 1 N–H and O–H groups in total. The van der Waals surface area contributed by atoms with E-state index in [1.54, 1.807) is 0 Å². The number of nitrogens with one attached hydrogen (secondary N) is 1. The molecule has 1 aromatic heterocycles. The summed E-state index contributed by atoms with van der Waals surface area (Å²) < 4.78 is 5.38. The van der Waals surface area contributed by atoms with Crippen molar-refractivity contribution >= 4 is 23.2 Å². The van der Waals surface area contributed by atoms with Gasteiger partial charge >= 0.3 is 5.97 Å². The van der Waals surface area contributed by atoms with E-state index in [-0.39, 0.29) is 11.8 Å². The van der Waals surface area contributed by atoms with Gasteiger partial charge in [0, 0.05) is 4.88 Å². The van der Waals surface area contributed by atoms with Gasteiger partial charge in [-0.25, -0.2) is 4.79 Å². The Labute approximate surface area is 130 Å². The van der Waals surface area contributed by atoms with Crippen molar-refractivity contribution in [1.29, 1.82) is 0 Å². The number of thiophene rings is 1. The van der Waals surface area contributed by atoms with Gasteiger partial charge in [0.1, 0.15) is 11.6 Å². The molecule has 118 valence electrons. The minimum absolute atomic E-state index is 0.0362. The summed E-state index contributed by atoms with van der Waals surface area (Å²) in [6, 6.07) is 1.21. The second kappa shape index (κ2) is 6.60. The smallest absolute Gasteiger partial charge is 0.329 e. The van der Waals surface area contributed by atoms with E-state index in [1.807, 2.05) is 54.5 Å². The number of hydrogen-bond acceptors (Lipinski definition) is 4. The van der Waals surface area contributed by atoms with Crippen molar-refractivity contribution in [2.75, 3.05) is 0 Å². The molecule has 0 spiro atoms. The van der Waals surface area contributed by atoms with E-state index in [0.29, 0.717) is 4.88 Å². The summed E-state index contributed by atoms with van der Waals surface area (Å²) in [4.78, 5) is 26.2. The topological polar surface area (TPSA) is 55.4 Å². The molecule has 0 aliphatic carbocycles. The molecule has 0 radical (unpaired) electrons. The molecule has 1 heterocycles. The molecule has 0 unspecified atom stereocenters. The highest BCUT2D eigenvalue weighted by Crippen LogP contribution is 2.21. The highest BCUT2D eigenvalue weighted by Gasteiger charge is 2.29. The predicted octanol–water partition coefficient (Wildman–Crippen LogP) is 3.46. The molecule has 4 nitrogen and oxygen atoms in total. The van der Waals surface area contributed by atoms with E-state index in [9.17, 15) is 9.59 Å². The van der Waals surface area contributed by atoms with Crippen LogP contribution in [0.5, 0.6) is 0 Å². The van der Waals surface area contributed by atoms with Gasteiger partial charge in [0.25, 0.3) is 5.91 Å². The van der Waals surface area contributed by atoms with E-state index in [4.69, 9.17) is 4.74 Å². The predicted molar refractivity (Wildman–Crippen MR) is 85.7 cm³/mol. The molecule has 1 rings (SSSR count). The van der Waals surface area contributed by atoms with Gasteiger partial charge in [-0.05, 0) is 52.2 Å². The van der Waals surface area contributed by atoms with Crippen LogP contribution in [0.2, 0.25) is 0 Å². The lowest BCUT2D eigenvalue weighted by atomic mass is 10.0. The van der Waals surface area contributed by atoms with Crippen LogP contribution < -0.4 is 5.32 Å². The Bertz CT molecular complexity index is 507. The maximum atomic E-state index is 12.3. The van der Waals surface area contributed by atoms with Crippen LogP contribution in [-0.4, -0.2) is 23.5 Å². The molecule has 1 atom stereocenters. The van der Waals surface area contributed by atoms with Crippen molar-refractivity contribution in [3.05, 3.63) is 21.4 Å². The third-order valence-corrected chi connectivity index (χ3v) is 4.16. The zero-order valence-corrected chi connectivity index (χ0v) is 14.7. The number of esters is 1. The average Bonchev–Trinajstić information content (AvgIpc) is 2.63. The van der Waals surface area contributed by atoms with Crippen LogP contribution in [0.15, 0.2) is 6.07 Å². The van der Waals surface area contributed by atoms with Gasteiger partial charge in [0.15, 0.2) is 0 Å². The highest BCUT2D eigenvalue weighted by molar-refractivity contribution is 7.14. The van der Waals surface area contributed by atoms with Crippen LogP contribution in [0.4, 0.5) is 0 Å². The Morgan fingerprint density at radius 2 is 1.81 bits per heavy atom. The van der Waals surface area contributed by atoms with Gasteiger partial charge in [0.05, 0.1) is 4.88 Å². The molecule has 21 heavy (non-hydrogen) atoms. The lowest BCUT2D eigenvalue weighted by molar-refractivity contribution is -0.158. The molecule has 0 aliphatic rings. The molecule has 0 saturated heterocycles. The third kappa shape index (κ3) is 5.16. The highest BCUT2D eigenvalue weighted by atomic mass is 32.1. The fourth-order valence-electron chi connectivity index (χ4n) is 1.76. The van der Waals surface area contributed by atoms with Crippen LogP contribution in [0.3, 0.4) is 0 Å². The molecule has 1 amide bonds. The van der Waals surface area contributed by atoms with E-state index in [1.165, 1.54) is 11.3 Å². The molecule has 0 saturated carbocycles. The van der Waals surface area contributed by atoms with Gasteiger partial charge in [-0.1, -0.05) is 13.8 Å². The number of ether oxygens (including phenoxy) is 1. The van der Waals surface area contributed by atoms with Crippen molar-refractivity contribution in [3.63, 3.8) is 0 Å². The number of hydrogen-bond donors (Lipinski definition) is 1. The summed E-state index contributed by atoms with van der Waals surface area (Å²) in [5.41, 5.74) is 0.522. The van der Waals surface area contributed by atoms with Crippen LogP contribution in [0.25, 0.3) is 0 Å². The second-order valence-corrected chi connectivity index (χ2v) is 7.83. The number of aryl methyl sites for hydroxylation is 2. The largest absolute Gasteiger partial charge is 0.458 e. The van der Waals surface area contributed by atoms with Crippen molar-refractivity contribution < 1.29 is 14.3 Å². The minimum Gasteiger partial charge on any atom is -0.458 e. The molecule has 5 heteroatoms. The molecule has 0 bridgehead atoms. The minimum atomic E-state index is -0.639. The molecule has 0 fully saturated rings. The summed E-state index contributed by atoms with van der Waals surface area (Å²) >= 11 is 1.44. The first-order valence-electron chi connectivity index (χ1n) is 7.12. The summed E-state index contributed by atoms with van der Waals surface area (Å²) in [5, 5.41) is 2.79. The lowest BCUT2D eigenvalue weighted by Gasteiger charge is -2.26. The molecular formula is C16H25NO3S. The van der Waals surface area contributed by atoms with Gasteiger partial charge in [-0.3, -0.25) is 4.79 Å². The first-order chi connectivity index (χ1) is 9.51. The average molecular weight is 311 g/mol. The summed E-state index contributed by atoms with van der Waals surface area (Å²) in [6.45, 7) is 13.2. The Morgan fingerprint density at radius 1 is 1.24 bits per heavy atom. The fraction of sp³-hybridized carbons (Fsp3) is 0.625. The molecule has 0 aromatic carbocycles. The van der Waals surface area contributed by atoms with E-state index in [2.05, 4.69) is 5.32 Å². The molecule has 0 aliphatic heterocycles. The maximum Gasteiger partial charge on any atom is 0.329 e. The number of carbonyl (C=O) groups is 2. The van der Waals surface area contributed by atoms with Crippen LogP contribution in [0.1, 0.15) is 54.7 Å². The first-order valence-corrected chi connectivity index (χ1v) is 7.93. The first kappa shape index (κ1) is 17.7. The zero-order valence-electron chi connectivity index (χ0n) is 13.9. The monoisotopic (exact) mass is 311 g/mol. The molecule has 1 aromatic rings. The SMILES string of the molecule is Cc1cc(C(=O)N[C@@H](C(=O)OC(C)(C)C)C(C)C)sc1C. The van der Waals surface area contributed by atoms with Gasteiger partial charge in [-0.15, -0.1) is 11.3 Å². The van der Waals surface area contributed by atoms with Crippen molar-refractivity contribution in [2.45, 2.75) is 60.1 Å². The van der Waals surface area contributed by atoms with Crippen LogP contribution in [-0.2, 0) is 9.53 Å². The van der Waals surface area contributed by atoms with Gasteiger partial charge in [-0.2, -0.15) is 0 Å². The number of rotatable bonds is 4. The number of amides is 1. The Morgan fingerprint density at radius 3 is 2.19 bits per heavy atom. The van der Waals surface area contributed by atoms with Crippen molar-refractivity contribution in [1.82, 2.24) is 5.32 Å². The second-order valence-electron chi connectivity index (χ2n) is 6.58. The summed E-state index contributed by atoms with van der Waals surface area (Å²) in [6.07, 6.45) is 0. The quantitative estimate of drug-likeness (QED) is 0.866. The Balaban J connectivity index is 2.83. The summed E-state index contributed by atoms with van der Waals surface area (Å²) in [7, 11) is 0. The van der Waals surface area contributed by atoms with Crippen LogP contribution >= 0.6 is 11.3 Å². The maximum absolute atomic E-state index is 12.3. The summed E-state index contributed by atoms with van der Waals surface area (Å²) in [5.74, 6) is -0.650. The molecular weight excluding hydrogens is 286 g/mol. The Kier molecular flexibility index (Phi) is 5.56. The fourth-order valence-corrected chi connectivity index (χ4v) is 2.70. The van der Waals surface area contributed by atoms with Crippen LogP contribution in [0, 0.1) is 19.8 Å².